The van der Waals surface area contributed by atoms with E-state index < -0.39 is 0 Å². The molecule has 0 unspecified atom stereocenters. The summed E-state index contributed by atoms with van der Waals surface area (Å²) >= 11 is 0. The largest absolute Gasteiger partial charge is 0.337 e. The van der Waals surface area contributed by atoms with Crippen molar-refractivity contribution in [2.45, 2.75) is 46.2 Å². The topological polar surface area (TPSA) is 53.6 Å². The van der Waals surface area contributed by atoms with Gasteiger partial charge in [-0.25, -0.2) is 4.98 Å². The summed E-state index contributed by atoms with van der Waals surface area (Å²) in [5, 5.41) is 12.0. The molecule has 0 saturated heterocycles. The Labute approximate surface area is 104 Å². The van der Waals surface area contributed by atoms with Crippen molar-refractivity contribution in [3.63, 3.8) is 0 Å². The van der Waals surface area contributed by atoms with E-state index in [9.17, 15) is 0 Å². The predicted octanol–water partition coefficient (Wildman–Crippen LogP) is 2.32. The van der Waals surface area contributed by atoms with Crippen molar-refractivity contribution in [1.82, 2.24) is 14.9 Å². The van der Waals surface area contributed by atoms with Gasteiger partial charge in [0.1, 0.15) is 0 Å². The number of nitrogens with one attached hydrogen (secondary N) is 1. The molecule has 0 fully saturated rings. The molecule has 0 atom stereocenters. The van der Waals surface area contributed by atoms with E-state index in [0.717, 1.165) is 38.0 Å². The van der Waals surface area contributed by atoms with E-state index in [2.05, 4.69) is 27.1 Å². The lowest BCUT2D eigenvalue weighted by molar-refractivity contribution is 0.417. The van der Waals surface area contributed by atoms with E-state index in [-0.39, 0.29) is 5.41 Å². The molecule has 0 aliphatic heterocycles. The maximum atomic E-state index is 8.90. The Morgan fingerprint density at radius 2 is 2.24 bits per heavy atom. The molecule has 0 aliphatic rings. The average Bonchev–Trinajstić information content (AvgIpc) is 2.73. The van der Waals surface area contributed by atoms with E-state index in [0.29, 0.717) is 0 Å². The van der Waals surface area contributed by atoms with Gasteiger partial charge >= 0.3 is 0 Å². The van der Waals surface area contributed by atoms with Gasteiger partial charge < -0.3 is 9.88 Å². The zero-order valence-corrected chi connectivity index (χ0v) is 11.0. The Morgan fingerprint density at radius 3 is 2.88 bits per heavy atom. The lowest BCUT2D eigenvalue weighted by Crippen LogP contribution is -2.08. The number of aromatic nitrogens is 2. The van der Waals surface area contributed by atoms with Crippen molar-refractivity contribution in [3.8, 4) is 6.07 Å². The number of rotatable bonds is 7. The molecule has 1 aromatic rings. The van der Waals surface area contributed by atoms with E-state index in [1.165, 1.54) is 0 Å². The molecule has 1 rings (SSSR count). The van der Waals surface area contributed by atoms with Crippen LogP contribution in [-0.4, -0.2) is 16.6 Å². The summed E-state index contributed by atoms with van der Waals surface area (Å²) in [6.45, 7) is 5.79. The number of nitrogens with zero attached hydrogens (tertiary/aromatic N) is 3. The predicted molar refractivity (Wildman–Crippen MR) is 68.2 cm³/mol. The van der Waals surface area contributed by atoms with Gasteiger partial charge in [-0.1, -0.05) is 6.42 Å². The van der Waals surface area contributed by atoms with Crippen LogP contribution < -0.4 is 5.32 Å². The second kappa shape index (κ2) is 6.41. The molecule has 0 spiro atoms. The molecule has 4 heteroatoms. The van der Waals surface area contributed by atoms with E-state index in [1.807, 2.05) is 27.2 Å². The standard InChI is InChI=1S/C13H22N4/c1-13(2,10-14)6-4-5-7-17-9-12(8-15-3)16-11-17/h9,11,15H,4-8H2,1-3H3. The summed E-state index contributed by atoms with van der Waals surface area (Å²) in [6.07, 6.45) is 7.09. The van der Waals surface area contributed by atoms with Gasteiger partial charge in [-0.05, 0) is 33.7 Å². The fourth-order valence-corrected chi connectivity index (χ4v) is 1.72. The number of hydrogen-bond donors (Lipinski definition) is 1. The van der Waals surface area contributed by atoms with Crippen LogP contribution in [-0.2, 0) is 13.1 Å². The van der Waals surface area contributed by atoms with Gasteiger partial charge in [0.05, 0.1) is 23.5 Å². The fraction of sp³-hybridized carbons (Fsp3) is 0.692. The first-order chi connectivity index (χ1) is 8.07. The highest BCUT2D eigenvalue weighted by Crippen LogP contribution is 2.21. The number of aryl methyl sites for hydroxylation is 1. The minimum atomic E-state index is -0.188. The highest BCUT2D eigenvalue weighted by atomic mass is 15.0. The summed E-state index contributed by atoms with van der Waals surface area (Å²) in [6, 6.07) is 2.33. The summed E-state index contributed by atoms with van der Waals surface area (Å²) < 4.78 is 2.12. The highest BCUT2D eigenvalue weighted by molar-refractivity contribution is 4.96. The summed E-state index contributed by atoms with van der Waals surface area (Å²) in [5.41, 5.74) is 0.886. The van der Waals surface area contributed by atoms with Gasteiger partial charge in [-0.3, -0.25) is 0 Å². The Morgan fingerprint density at radius 1 is 1.47 bits per heavy atom. The van der Waals surface area contributed by atoms with Crippen LogP contribution in [0, 0.1) is 16.7 Å². The van der Waals surface area contributed by atoms with Crippen LogP contribution >= 0.6 is 0 Å². The fourth-order valence-electron chi connectivity index (χ4n) is 1.72. The molecule has 0 saturated carbocycles. The van der Waals surface area contributed by atoms with E-state index in [1.54, 1.807) is 0 Å². The molecule has 1 N–H and O–H groups in total. The maximum absolute atomic E-state index is 8.90. The first-order valence-electron chi connectivity index (χ1n) is 6.14. The molecule has 0 radical (unpaired) electrons. The Hall–Kier alpha value is -1.34. The Balaban J connectivity index is 2.24. The molecule has 0 amide bonds. The summed E-state index contributed by atoms with van der Waals surface area (Å²) in [4.78, 5) is 4.30. The van der Waals surface area contributed by atoms with Crippen LogP contribution in [0.2, 0.25) is 0 Å². The van der Waals surface area contributed by atoms with E-state index >= 15 is 0 Å². The van der Waals surface area contributed by atoms with Crippen LogP contribution in [0.1, 0.15) is 38.8 Å². The number of hydrogen-bond acceptors (Lipinski definition) is 3. The number of imidazole rings is 1. The molecular weight excluding hydrogens is 212 g/mol. The van der Waals surface area contributed by atoms with Gasteiger partial charge in [0.2, 0.25) is 0 Å². The number of nitriles is 1. The maximum Gasteiger partial charge on any atom is 0.0949 e. The molecule has 4 nitrogen and oxygen atoms in total. The third-order valence-electron chi connectivity index (χ3n) is 2.82. The molecule has 0 bridgehead atoms. The van der Waals surface area contributed by atoms with Gasteiger partial charge in [-0.2, -0.15) is 5.26 Å². The SMILES string of the molecule is CNCc1cn(CCCCC(C)(C)C#N)cn1. The van der Waals surface area contributed by atoms with Crippen LogP contribution in [0.3, 0.4) is 0 Å². The van der Waals surface area contributed by atoms with Crippen molar-refractivity contribution >= 4 is 0 Å². The van der Waals surface area contributed by atoms with Crippen molar-refractivity contribution in [1.29, 1.82) is 5.26 Å². The molecule has 0 aliphatic carbocycles. The molecule has 1 heterocycles. The second-order valence-electron chi connectivity index (χ2n) is 5.09. The highest BCUT2D eigenvalue weighted by Gasteiger charge is 2.15. The number of unbranched alkanes of at least 4 members (excludes halogenated alkanes) is 1. The van der Waals surface area contributed by atoms with Gasteiger partial charge in [0, 0.05) is 19.3 Å². The Bertz CT molecular complexity index is 373. The first-order valence-corrected chi connectivity index (χ1v) is 6.14. The zero-order chi connectivity index (χ0) is 12.7. The van der Waals surface area contributed by atoms with Crippen molar-refractivity contribution in [2.24, 2.45) is 5.41 Å². The Kier molecular flexibility index (Phi) is 5.17. The summed E-state index contributed by atoms with van der Waals surface area (Å²) in [7, 11) is 1.92. The quantitative estimate of drug-likeness (QED) is 0.737. The van der Waals surface area contributed by atoms with Crippen molar-refractivity contribution < 1.29 is 0 Å². The molecule has 0 aromatic carbocycles. The monoisotopic (exact) mass is 234 g/mol. The normalized spacial score (nSPS) is 11.4. The van der Waals surface area contributed by atoms with E-state index in [4.69, 9.17) is 5.26 Å². The van der Waals surface area contributed by atoms with Gasteiger partial charge in [0.15, 0.2) is 0 Å². The van der Waals surface area contributed by atoms with Crippen LogP contribution in [0.5, 0.6) is 0 Å². The summed E-state index contributed by atoms with van der Waals surface area (Å²) in [5.74, 6) is 0. The van der Waals surface area contributed by atoms with Crippen molar-refractivity contribution in [2.75, 3.05) is 7.05 Å². The zero-order valence-electron chi connectivity index (χ0n) is 11.0. The smallest absolute Gasteiger partial charge is 0.0949 e. The van der Waals surface area contributed by atoms with Gasteiger partial charge in [-0.15, -0.1) is 0 Å². The molecule has 1 aromatic heterocycles. The lowest BCUT2D eigenvalue weighted by Gasteiger charge is -2.14. The molecular formula is C13H22N4. The average molecular weight is 234 g/mol. The molecule has 94 valence electrons. The minimum Gasteiger partial charge on any atom is -0.337 e. The van der Waals surface area contributed by atoms with Crippen LogP contribution in [0.25, 0.3) is 0 Å². The van der Waals surface area contributed by atoms with Crippen molar-refractivity contribution in [3.05, 3.63) is 18.2 Å². The van der Waals surface area contributed by atoms with Gasteiger partial charge in [0.25, 0.3) is 0 Å². The second-order valence-corrected chi connectivity index (χ2v) is 5.09. The lowest BCUT2D eigenvalue weighted by atomic mass is 9.89. The molecule has 17 heavy (non-hydrogen) atoms. The third-order valence-corrected chi connectivity index (χ3v) is 2.82. The minimum absolute atomic E-state index is 0.188. The third kappa shape index (κ3) is 5.01. The first kappa shape index (κ1) is 13.7. The van der Waals surface area contributed by atoms with Crippen LogP contribution in [0.15, 0.2) is 12.5 Å². The van der Waals surface area contributed by atoms with Crippen LogP contribution in [0.4, 0.5) is 0 Å².